The Morgan fingerprint density at radius 1 is 1.06 bits per heavy atom. The summed E-state index contributed by atoms with van der Waals surface area (Å²) in [6, 6.07) is 7.93. The Kier molecular flexibility index (Phi) is 3.46. The van der Waals surface area contributed by atoms with Gasteiger partial charge < -0.3 is 0 Å². The van der Waals surface area contributed by atoms with E-state index in [1.807, 2.05) is 44.3 Å². The van der Waals surface area contributed by atoms with Gasteiger partial charge in [-0.05, 0) is 43.2 Å². The van der Waals surface area contributed by atoms with E-state index in [0.29, 0.717) is 0 Å². The Hall–Kier alpha value is -1.78. The van der Waals surface area contributed by atoms with Crippen LogP contribution in [0, 0.1) is 13.8 Å². The van der Waals surface area contributed by atoms with Gasteiger partial charge in [0.05, 0.1) is 6.04 Å². The number of aryl methyl sites for hydroxylation is 2. The first-order valence-electron chi connectivity index (χ1n) is 5.52. The van der Waals surface area contributed by atoms with Crippen LogP contribution in [-0.2, 0) is 0 Å². The SMILES string of the molecule is Cc1ccc(C(NN)c2ccnc(C)c2)cn1. The van der Waals surface area contributed by atoms with Gasteiger partial charge in [-0.25, -0.2) is 5.43 Å². The predicted molar refractivity (Wildman–Crippen MR) is 67.1 cm³/mol. The molecule has 2 aromatic heterocycles. The predicted octanol–water partition coefficient (Wildman–Crippen LogP) is 1.65. The third kappa shape index (κ3) is 2.67. The number of hydrogen-bond donors (Lipinski definition) is 2. The molecule has 17 heavy (non-hydrogen) atoms. The minimum Gasteiger partial charge on any atom is -0.271 e. The van der Waals surface area contributed by atoms with E-state index in [-0.39, 0.29) is 6.04 Å². The van der Waals surface area contributed by atoms with Gasteiger partial charge in [0, 0.05) is 23.8 Å². The molecule has 3 N–H and O–H groups in total. The van der Waals surface area contributed by atoms with E-state index in [0.717, 1.165) is 22.5 Å². The van der Waals surface area contributed by atoms with E-state index in [4.69, 9.17) is 5.84 Å². The van der Waals surface area contributed by atoms with Gasteiger partial charge in [-0.3, -0.25) is 15.8 Å². The van der Waals surface area contributed by atoms with E-state index in [9.17, 15) is 0 Å². The maximum Gasteiger partial charge on any atom is 0.0726 e. The zero-order valence-corrected chi connectivity index (χ0v) is 10.0. The average molecular weight is 228 g/mol. The molecular formula is C13H16N4. The summed E-state index contributed by atoms with van der Waals surface area (Å²) in [6.45, 7) is 3.93. The van der Waals surface area contributed by atoms with Crippen LogP contribution < -0.4 is 11.3 Å². The van der Waals surface area contributed by atoms with Crippen molar-refractivity contribution in [1.29, 1.82) is 0 Å². The van der Waals surface area contributed by atoms with E-state index < -0.39 is 0 Å². The average Bonchev–Trinajstić information content (AvgIpc) is 2.33. The second-order valence-corrected chi connectivity index (χ2v) is 4.06. The highest BCUT2D eigenvalue weighted by Gasteiger charge is 2.12. The number of aromatic nitrogens is 2. The molecular weight excluding hydrogens is 212 g/mol. The smallest absolute Gasteiger partial charge is 0.0726 e. The largest absolute Gasteiger partial charge is 0.271 e. The summed E-state index contributed by atoms with van der Waals surface area (Å²) in [5.74, 6) is 5.63. The summed E-state index contributed by atoms with van der Waals surface area (Å²) in [5, 5.41) is 0. The number of nitrogens with zero attached hydrogens (tertiary/aromatic N) is 2. The highest BCUT2D eigenvalue weighted by atomic mass is 15.2. The van der Waals surface area contributed by atoms with Crippen LogP contribution in [0.5, 0.6) is 0 Å². The molecule has 0 aromatic carbocycles. The topological polar surface area (TPSA) is 63.8 Å². The summed E-state index contributed by atoms with van der Waals surface area (Å²) in [5.41, 5.74) is 6.92. The lowest BCUT2D eigenvalue weighted by molar-refractivity contribution is 0.633. The molecule has 0 saturated carbocycles. The van der Waals surface area contributed by atoms with E-state index in [1.165, 1.54) is 0 Å². The maximum absolute atomic E-state index is 5.63. The van der Waals surface area contributed by atoms with Crippen LogP contribution in [0.15, 0.2) is 36.7 Å². The summed E-state index contributed by atoms with van der Waals surface area (Å²) in [6.07, 6.45) is 3.63. The fourth-order valence-corrected chi connectivity index (χ4v) is 1.78. The van der Waals surface area contributed by atoms with Gasteiger partial charge in [-0.1, -0.05) is 6.07 Å². The van der Waals surface area contributed by atoms with Gasteiger partial charge in [0.15, 0.2) is 0 Å². The standard InChI is InChI=1S/C13H16N4/c1-9-3-4-12(8-16-9)13(17-14)11-5-6-15-10(2)7-11/h3-8,13,17H,14H2,1-2H3. The first kappa shape index (κ1) is 11.7. The highest BCUT2D eigenvalue weighted by Crippen LogP contribution is 2.20. The number of nitrogens with one attached hydrogen (secondary N) is 1. The lowest BCUT2D eigenvalue weighted by atomic mass is 10.0. The fraction of sp³-hybridized carbons (Fsp3) is 0.231. The molecule has 2 heterocycles. The number of hydrogen-bond acceptors (Lipinski definition) is 4. The Morgan fingerprint density at radius 2 is 1.88 bits per heavy atom. The van der Waals surface area contributed by atoms with Crippen LogP contribution in [0.25, 0.3) is 0 Å². The molecule has 0 radical (unpaired) electrons. The Morgan fingerprint density at radius 3 is 2.47 bits per heavy atom. The van der Waals surface area contributed by atoms with Crippen LogP contribution in [0.1, 0.15) is 28.6 Å². The van der Waals surface area contributed by atoms with Crippen LogP contribution in [0.3, 0.4) is 0 Å². The normalized spacial score (nSPS) is 12.4. The van der Waals surface area contributed by atoms with E-state index in [2.05, 4.69) is 15.4 Å². The molecule has 88 valence electrons. The molecule has 0 aliphatic rings. The Labute approximate surface area is 101 Å². The molecule has 0 amide bonds. The van der Waals surface area contributed by atoms with Crippen molar-refractivity contribution in [3.8, 4) is 0 Å². The molecule has 1 unspecified atom stereocenters. The lowest BCUT2D eigenvalue weighted by Crippen LogP contribution is -2.29. The minimum atomic E-state index is -0.0511. The number of hydrazine groups is 1. The molecule has 4 nitrogen and oxygen atoms in total. The first-order valence-corrected chi connectivity index (χ1v) is 5.52. The zero-order valence-electron chi connectivity index (χ0n) is 10.0. The molecule has 2 rings (SSSR count). The summed E-state index contributed by atoms with van der Waals surface area (Å²) >= 11 is 0. The van der Waals surface area contributed by atoms with Crippen molar-refractivity contribution in [2.45, 2.75) is 19.9 Å². The first-order chi connectivity index (χ1) is 8.20. The lowest BCUT2D eigenvalue weighted by Gasteiger charge is -2.16. The van der Waals surface area contributed by atoms with Gasteiger partial charge in [0.2, 0.25) is 0 Å². The molecule has 0 fully saturated rings. The van der Waals surface area contributed by atoms with Crippen molar-refractivity contribution in [1.82, 2.24) is 15.4 Å². The second kappa shape index (κ2) is 5.03. The van der Waals surface area contributed by atoms with Crippen molar-refractivity contribution in [3.63, 3.8) is 0 Å². The monoisotopic (exact) mass is 228 g/mol. The summed E-state index contributed by atoms with van der Waals surface area (Å²) in [7, 11) is 0. The van der Waals surface area contributed by atoms with Gasteiger partial charge in [-0.2, -0.15) is 0 Å². The van der Waals surface area contributed by atoms with Crippen molar-refractivity contribution in [3.05, 3.63) is 59.2 Å². The van der Waals surface area contributed by atoms with Gasteiger partial charge >= 0.3 is 0 Å². The van der Waals surface area contributed by atoms with Gasteiger partial charge in [0.25, 0.3) is 0 Å². The van der Waals surface area contributed by atoms with Crippen LogP contribution in [0.2, 0.25) is 0 Å². The number of pyridine rings is 2. The molecule has 0 aliphatic heterocycles. The zero-order chi connectivity index (χ0) is 12.3. The second-order valence-electron chi connectivity index (χ2n) is 4.06. The quantitative estimate of drug-likeness (QED) is 0.619. The summed E-state index contributed by atoms with van der Waals surface area (Å²) < 4.78 is 0. The van der Waals surface area contributed by atoms with Crippen LogP contribution in [-0.4, -0.2) is 9.97 Å². The molecule has 0 aliphatic carbocycles. The van der Waals surface area contributed by atoms with Crippen molar-refractivity contribution in [2.75, 3.05) is 0 Å². The van der Waals surface area contributed by atoms with Crippen molar-refractivity contribution < 1.29 is 0 Å². The number of nitrogens with two attached hydrogens (primary N) is 1. The highest BCUT2D eigenvalue weighted by molar-refractivity contribution is 5.30. The molecule has 1 atom stereocenters. The molecule has 2 aromatic rings. The summed E-state index contributed by atoms with van der Waals surface area (Å²) in [4.78, 5) is 8.46. The molecule has 0 bridgehead atoms. The van der Waals surface area contributed by atoms with Crippen LogP contribution >= 0.6 is 0 Å². The van der Waals surface area contributed by atoms with Crippen molar-refractivity contribution in [2.24, 2.45) is 5.84 Å². The fourth-order valence-electron chi connectivity index (χ4n) is 1.78. The van der Waals surface area contributed by atoms with Crippen LogP contribution in [0.4, 0.5) is 0 Å². The van der Waals surface area contributed by atoms with Crippen molar-refractivity contribution >= 4 is 0 Å². The van der Waals surface area contributed by atoms with Gasteiger partial charge in [-0.15, -0.1) is 0 Å². The number of rotatable bonds is 3. The third-order valence-corrected chi connectivity index (χ3v) is 2.69. The van der Waals surface area contributed by atoms with Gasteiger partial charge in [0.1, 0.15) is 0 Å². The third-order valence-electron chi connectivity index (χ3n) is 2.69. The van der Waals surface area contributed by atoms with E-state index in [1.54, 1.807) is 6.20 Å². The minimum absolute atomic E-state index is 0.0511. The molecule has 0 spiro atoms. The molecule has 4 heteroatoms. The Balaban J connectivity index is 2.36. The van der Waals surface area contributed by atoms with E-state index >= 15 is 0 Å². The Bertz CT molecular complexity index is 493. The molecule has 0 saturated heterocycles. The maximum atomic E-state index is 5.63.